The zero-order valence-electron chi connectivity index (χ0n) is 12.3. The van der Waals surface area contributed by atoms with Gasteiger partial charge in [-0.25, -0.2) is 0 Å². The molecule has 2 aromatic carbocycles. The maximum absolute atomic E-state index is 12.3. The van der Waals surface area contributed by atoms with Gasteiger partial charge >= 0.3 is 0 Å². The summed E-state index contributed by atoms with van der Waals surface area (Å²) in [6.07, 6.45) is 0. The molecule has 0 amide bonds. The summed E-state index contributed by atoms with van der Waals surface area (Å²) in [7, 11) is 1.56. The molecule has 3 aromatic rings. The summed E-state index contributed by atoms with van der Waals surface area (Å²) in [5.74, 6) is 1.01. The van der Waals surface area contributed by atoms with E-state index in [1.165, 1.54) is 4.80 Å². The number of aromatic nitrogens is 4. The predicted octanol–water partition coefficient (Wildman–Crippen LogP) is 2.99. The maximum atomic E-state index is 12.3. The number of benzene rings is 2. The second-order valence-electron chi connectivity index (χ2n) is 4.81. The van der Waals surface area contributed by atoms with Gasteiger partial charge < -0.3 is 4.74 Å². The lowest BCUT2D eigenvalue weighted by Crippen LogP contribution is -2.13. The van der Waals surface area contributed by atoms with Gasteiger partial charge in [-0.1, -0.05) is 28.1 Å². The first-order valence-corrected chi connectivity index (χ1v) is 7.66. The SMILES string of the molecule is COc1cccc(C(=O)Cn2nnc(-c3ccc(Br)cc3)n2)c1. The molecule has 0 N–H and O–H groups in total. The van der Waals surface area contributed by atoms with Crippen molar-refractivity contribution in [3.05, 3.63) is 58.6 Å². The minimum Gasteiger partial charge on any atom is -0.497 e. The summed E-state index contributed by atoms with van der Waals surface area (Å²) in [6, 6.07) is 14.6. The van der Waals surface area contributed by atoms with Crippen LogP contribution in [-0.2, 0) is 6.54 Å². The average Bonchev–Trinajstić information content (AvgIpc) is 3.04. The number of rotatable bonds is 5. The van der Waals surface area contributed by atoms with Gasteiger partial charge in [-0.3, -0.25) is 4.79 Å². The molecule has 0 saturated heterocycles. The van der Waals surface area contributed by atoms with Gasteiger partial charge in [0.25, 0.3) is 0 Å². The summed E-state index contributed by atoms with van der Waals surface area (Å²) in [5.41, 5.74) is 1.39. The number of hydrogen-bond acceptors (Lipinski definition) is 5. The van der Waals surface area contributed by atoms with Crippen LogP contribution in [0.2, 0.25) is 0 Å². The minimum absolute atomic E-state index is 0.0245. The first kappa shape index (κ1) is 15.4. The van der Waals surface area contributed by atoms with Crippen LogP contribution in [0.25, 0.3) is 11.4 Å². The van der Waals surface area contributed by atoms with E-state index >= 15 is 0 Å². The van der Waals surface area contributed by atoms with Crippen molar-refractivity contribution in [2.24, 2.45) is 0 Å². The van der Waals surface area contributed by atoms with Gasteiger partial charge in [0.1, 0.15) is 12.3 Å². The van der Waals surface area contributed by atoms with Gasteiger partial charge in [-0.05, 0) is 41.6 Å². The Bertz CT molecular complexity index is 830. The number of hydrogen-bond donors (Lipinski definition) is 0. The molecule has 3 rings (SSSR count). The molecule has 0 bridgehead atoms. The number of nitrogens with zero attached hydrogens (tertiary/aromatic N) is 4. The Balaban J connectivity index is 1.75. The molecule has 116 valence electrons. The third kappa shape index (κ3) is 3.62. The third-order valence-electron chi connectivity index (χ3n) is 3.23. The normalized spacial score (nSPS) is 10.5. The highest BCUT2D eigenvalue weighted by Gasteiger charge is 2.11. The number of ether oxygens (including phenoxy) is 1. The van der Waals surface area contributed by atoms with Crippen molar-refractivity contribution in [1.82, 2.24) is 20.2 Å². The molecule has 0 aliphatic rings. The van der Waals surface area contributed by atoms with E-state index in [0.717, 1.165) is 10.0 Å². The van der Waals surface area contributed by atoms with Crippen LogP contribution >= 0.6 is 15.9 Å². The molecule has 0 saturated carbocycles. The lowest BCUT2D eigenvalue weighted by Gasteiger charge is -2.03. The minimum atomic E-state index is -0.108. The zero-order chi connectivity index (χ0) is 16.2. The fourth-order valence-corrected chi connectivity index (χ4v) is 2.31. The van der Waals surface area contributed by atoms with Crippen molar-refractivity contribution >= 4 is 21.7 Å². The number of Topliss-reactive ketones (excluding diaryl/α,β-unsaturated/α-hetero) is 1. The van der Waals surface area contributed by atoms with Crippen molar-refractivity contribution in [2.45, 2.75) is 6.54 Å². The monoisotopic (exact) mass is 372 g/mol. The topological polar surface area (TPSA) is 69.9 Å². The van der Waals surface area contributed by atoms with Crippen molar-refractivity contribution in [3.8, 4) is 17.1 Å². The van der Waals surface area contributed by atoms with Crippen molar-refractivity contribution < 1.29 is 9.53 Å². The molecular weight excluding hydrogens is 360 g/mol. The predicted molar refractivity (Wildman–Crippen MR) is 88.3 cm³/mol. The maximum Gasteiger partial charge on any atom is 0.204 e. The summed E-state index contributed by atoms with van der Waals surface area (Å²) in [4.78, 5) is 13.6. The Morgan fingerprint density at radius 1 is 1.22 bits per heavy atom. The second-order valence-corrected chi connectivity index (χ2v) is 5.72. The highest BCUT2D eigenvalue weighted by molar-refractivity contribution is 9.10. The van der Waals surface area contributed by atoms with E-state index in [4.69, 9.17) is 4.74 Å². The number of carbonyl (C=O) groups excluding carboxylic acids is 1. The average molecular weight is 373 g/mol. The summed E-state index contributed by atoms with van der Waals surface area (Å²) in [5, 5.41) is 12.2. The smallest absolute Gasteiger partial charge is 0.204 e. The van der Waals surface area contributed by atoms with Gasteiger partial charge in [0.15, 0.2) is 5.78 Å². The molecule has 0 radical (unpaired) electrons. The van der Waals surface area contributed by atoms with Crippen LogP contribution in [0.5, 0.6) is 5.75 Å². The van der Waals surface area contributed by atoms with E-state index in [1.54, 1.807) is 31.4 Å². The molecule has 0 fully saturated rings. The lowest BCUT2D eigenvalue weighted by atomic mass is 10.1. The molecule has 7 heteroatoms. The Morgan fingerprint density at radius 3 is 2.74 bits per heavy atom. The van der Waals surface area contributed by atoms with Crippen molar-refractivity contribution in [2.75, 3.05) is 7.11 Å². The van der Waals surface area contributed by atoms with E-state index in [-0.39, 0.29) is 12.3 Å². The van der Waals surface area contributed by atoms with Gasteiger partial charge in [0.05, 0.1) is 7.11 Å². The number of halogens is 1. The molecule has 0 aliphatic heterocycles. The standard InChI is InChI=1S/C16H13BrN4O2/c1-23-14-4-2-3-12(9-14)15(22)10-21-19-16(18-20-21)11-5-7-13(17)8-6-11/h2-9H,10H2,1H3. The zero-order valence-corrected chi connectivity index (χ0v) is 13.9. The second kappa shape index (κ2) is 6.70. The molecule has 1 aromatic heterocycles. The first-order valence-electron chi connectivity index (χ1n) is 6.87. The van der Waals surface area contributed by atoms with Crippen LogP contribution in [-0.4, -0.2) is 33.1 Å². The van der Waals surface area contributed by atoms with Crippen LogP contribution in [0.15, 0.2) is 53.0 Å². The third-order valence-corrected chi connectivity index (χ3v) is 3.76. The van der Waals surface area contributed by atoms with Crippen LogP contribution in [0.4, 0.5) is 0 Å². The summed E-state index contributed by atoms with van der Waals surface area (Å²) < 4.78 is 6.09. The Morgan fingerprint density at radius 2 is 2.00 bits per heavy atom. The molecule has 0 aliphatic carbocycles. The quantitative estimate of drug-likeness (QED) is 0.643. The van der Waals surface area contributed by atoms with E-state index < -0.39 is 0 Å². The van der Waals surface area contributed by atoms with Gasteiger partial charge in [0, 0.05) is 15.6 Å². The van der Waals surface area contributed by atoms with Gasteiger partial charge in [0.2, 0.25) is 5.82 Å². The summed E-state index contributed by atoms with van der Waals surface area (Å²) in [6.45, 7) is 0.0245. The largest absolute Gasteiger partial charge is 0.497 e. The molecule has 1 heterocycles. The van der Waals surface area contributed by atoms with E-state index in [1.807, 2.05) is 24.3 Å². The van der Waals surface area contributed by atoms with Crippen LogP contribution < -0.4 is 4.74 Å². The van der Waals surface area contributed by atoms with Gasteiger partial charge in [-0.2, -0.15) is 4.80 Å². The Labute approximate surface area is 141 Å². The fourth-order valence-electron chi connectivity index (χ4n) is 2.04. The van der Waals surface area contributed by atoms with Crippen molar-refractivity contribution in [3.63, 3.8) is 0 Å². The number of ketones is 1. The molecule has 0 spiro atoms. The van der Waals surface area contributed by atoms with Crippen LogP contribution in [0.1, 0.15) is 10.4 Å². The van der Waals surface area contributed by atoms with E-state index in [0.29, 0.717) is 17.1 Å². The highest BCUT2D eigenvalue weighted by atomic mass is 79.9. The summed E-state index contributed by atoms with van der Waals surface area (Å²) >= 11 is 3.38. The van der Waals surface area contributed by atoms with Crippen LogP contribution in [0, 0.1) is 0 Å². The Hall–Kier alpha value is -2.54. The Kier molecular flexibility index (Phi) is 4.47. The van der Waals surface area contributed by atoms with E-state index in [9.17, 15) is 4.79 Å². The molecule has 23 heavy (non-hydrogen) atoms. The van der Waals surface area contributed by atoms with Crippen molar-refractivity contribution in [1.29, 1.82) is 0 Å². The van der Waals surface area contributed by atoms with Crippen LogP contribution in [0.3, 0.4) is 0 Å². The highest BCUT2D eigenvalue weighted by Crippen LogP contribution is 2.18. The molecule has 0 unspecified atom stereocenters. The van der Waals surface area contributed by atoms with E-state index in [2.05, 4.69) is 31.3 Å². The number of methoxy groups -OCH3 is 1. The molecule has 6 nitrogen and oxygen atoms in total. The fraction of sp³-hybridized carbons (Fsp3) is 0.125. The molecule has 0 atom stereocenters. The number of tetrazole rings is 1. The first-order chi connectivity index (χ1) is 11.2. The van der Waals surface area contributed by atoms with Gasteiger partial charge in [-0.15, -0.1) is 10.2 Å². The molecular formula is C16H13BrN4O2. The lowest BCUT2D eigenvalue weighted by molar-refractivity contribution is 0.0961. The number of carbonyl (C=O) groups is 1.